The molecule has 1 aliphatic rings. The molecule has 1 amide bonds. The zero-order valence-corrected chi connectivity index (χ0v) is 20.3. The first-order valence-corrected chi connectivity index (χ1v) is 11.7. The Labute approximate surface area is 213 Å². The highest BCUT2D eigenvalue weighted by Gasteiger charge is 2.39. The Morgan fingerprint density at radius 3 is 2.38 bits per heavy atom. The summed E-state index contributed by atoms with van der Waals surface area (Å²) in [6, 6.07) is 10.6. The Morgan fingerprint density at radius 2 is 1.73 bits per heavy atom. The summed E-state index contributed by atoms with van der Waals surface area (Å²) in [5, 5.41) is 13.6. The minimum Gasteiger partial charge on any atom is -0.492 e. The van der Waals surface area contributed by atoms with E-state index in [1.165, 1.54) is 31.4 Å². The fourth-order valence-electron chi connectivity index (χ4n) is 3.65. The molecular weight excluding hydrogens is 516 g/mol. The number of hydrogen-bond donors (Lipinski definition) is 1. The maximum absolute atomic E-state index is 15.0. The number of para-hydroxylation sites is 1. The van der Waals surface area contributed by atoms with Gasteiger partial charge in [-0.05, 0) is 36.4 Å². The fourth-order valence-corrected chi connectivity index (χ4v) is 4.82. The molecule has 1 aliphatic heterocycles. The highest BCUT2D eigenvalue weighted by atomic mass is 32.2. The van der Waals surface area contributed by atoms with Gasteiger partial charge in [0.05, 0.1) is 26.4 Å². The van der Waals surface area contributed by atoms with Crippen molar-refractivity contribution < 1.29 is 41.7 Å². The molecule has 0 fully saturated rings. The van der Waals surface area contributed by atoms with Gasteiger partial charge >= 0.3 is 0 Å². The van der Waals surface area contributed by atoms with E-state index < -0.39 is 45.9 Å². The number of methoxy groups -OCH3 is 2. The SMILES string of the molecule is COc1c(OCCO)cccc1C1SC(c2ccc(F)cc2)=NN1C(=O)c1cc(F)c(F)c(OC)c1F. The van der Waals surface area contributed by atoms with E-state index in [1.54, 1.807) is 18.2 Å². The second-order valence-corrected chi connectivity index (χ2v) is 8.62. The van der Waals surface area contributed by atoms with Gasteiger partial charge in [-0.1, -0.05) is 23.9 Å². The van der Waals surface area contributed by atoms with Crippen molar-refractivity contribution in [3.8, 4) is 17.2 Å². The number of benzene rings is 3. The van der Waals surface area contributed by atoms with Gasteiger partial charge in [-0.3, -0.25) is 4.79 Å². The van der Waals surface area contributed by atoms with Crippen LogP contribution < -0.4 is 14.2 Å². The standard InChI is InChI=1S/C25H20F4N2O5S/c1-34-21-15(4-3-5-18(21)36-11-10-32)25-31(30-23(37-25)13-6-8-14(26)9-7-13)24(33)16-12-17(27)20(29)22(35-2)19(16)28/h3-9,12,25,32H,10-11H2,1-2H3. The Hall–Kier alpha value is -3.77. The first-order valence-electron chi connectivity index (χ1n) is 10.8. The second-order valence-electron chi connectivity index (χ2n) is 7.55. The van der Waals surface area contributed by atoms with Crippen LogP contribution in [0.5, 0.6) is 17.2 Å². The molecule has 1 heterocycles. The fraction of sp³-hybridized carbons (Fsp3) is 0.200. The van der Waals surface area contributed by atoms with Crippen molar-refractivity contribution >= 4 is 22.7 Å². The molecule has 0 saturated heterocycles. The summed E-state index contributed by atoms with van der Waals surface area (Å²) >= 11 is 1.07. The van der Waals surface area contributed by atoms with Crippen molar-refractivity contribution in [3.63, 3.8) is 0 Å². The van der Waals surface area contributed by atoms with E-state index in [0.717, 1.165) is 23.9 Å². The van der Waals surface area contributed by atoms with Crippen LogP contribution in [0.4, 0.5) is 17.6 Å². The first-order chi connectivity index (χ1) is 17.8. The molecule has 7 nitrogen and oxygen atoms in total. The third-order valence-electron chi connectivity index (χ3n) is 5.32. The van der Waals surface area contributed by atoms with Crippen LogP contribution in [0.25, 0.3) is 0 Å². The van der Waals surface area contributed by atoms with E-state index >= 15 is 4.39 Å². The zero-order valence-electron chi connectivity index (χ0n) is 19.5. The number of nitrogens with zero attached hydrogens (tertiary/aromatic N) is 2. The summed E-state index contributed by atoms with van der Waals surface area (Å²) in [4.78, 5) is 13.5. The molecule has 0 radical (unpaired) electrons. The van der Waals surface area contributed by atoms with Gasteiger partial charge in [0.25, 0.3) is 5.91 Å². The largest absolute Gasteiger partial charge is 0.492 e. The van der Waals surface area contributed by atoms with E-state index in [-0.39, 0.29) is 29.8 Å². The molecular formula is C25H20F4N2O5S. The van der Waals surface area contributed by atoms with Crippen molar-refractivity contribution in [2.45, 2.75) is 5.37 Å². The van der Waals surface area contributed by atoms with Gasteiger partial charge in [0.2, 0.25) is 5.82 Å². The minimum absolute atomic E-state index is 0.0303. The number of hydrazone groups is 1. The van der Waals surface area contributed by atoms with Gasteiger partial charge in [0, 0.05) is 11.1 Å². The van der Waals surface area contributed by atoms with Crippen molar-refractivity contribution in [1.29, 1.82) is 0 Å². The molecule has 0 aromatic heterocycles. The monoisotopic (exact) mass is 536 g/mol. The van der Waals surface area contributed by atoms with Crippen LogP contribution in [0.1, 0.15) is 26.9 Å². The average Bonchev–Trinajstić information content (AvgIpc) is 3.35. The Balaban J connectivity index is 1.84. The lowest BCUT2D eigenvalue weighted by molar-refractivity contribution is 0.0741. The van der Waals surface area contributed by atoms with E-state index in [9.17, 15) is 18.0 Å². The topological polar surface area (TPSA) is 80.6 Å². The van der Waals surface area contributed by atoms with Gasteiger partial charge in [0.15, 0.2) is 28.9 Å². The molecule has 0 aliphatic carbocycles. The predicted molar refractivity (Wildman–Crippen MR) is 128 cm³/mol. The molecule has 4 rings (SSSR count). The normalized spacial score (nSPS) is 14.9. The minimum atomic E-state index is -1.57. The number of ether oxygens (including phenoxy) is 3. The van der Waals surface area contributed by atoms with Crippen molar-refractivity contribution in [2.24, 2.45) is 5.10 Å². The van der Waals surface area contributed by atoms with Crippen LogP contribution in [-0.2, 0) is 0 Å². The molecule has 1 N–H and O–H groups in total. The quantitative estimate of drug-likeness (QED) is 0.327. The molecule has 37 heavy (non-hydrogen) atoms. The lowest BCUT2D eigenvalue weighted by Gasteiger charge is -2.24. The lowest BCUT2D eigenvalue weighted by atomic mass is 10.1. The van der Waals surface area contributed by atoms with E-state index in [2.05, 4.69) is 9.84 Å². The van der Waals surface area contributed by atoms with Gasteiger partial charge < -0.3 is 19.3 Å². The third kappa shape index (κ3) is 5.07. The van der Waals surface area contributed by atoms with Gasteiger partial charge in [-0.2, -0.15) is 9.49 Å². The molecule has 3 aromatic carbocycles. The van der Waals surface area contributed by atoms with E-state index in [1.807, 2.05) is 0 Å². The van der Waals surface area contributed by atoms with Gasteiger partial charge in [-0.15, -0.1) is 0 Å². The highest BCUT2D eigenvalue weighted by Crippen LogP contribution is 2.48. The number of aliphatic hydroxyl groups excluding tert-OH is 1. The van der Waals surface area contributed by atoms with Crippen molar-refractivity contribution in [3.05, 3.63) is 88.5 Å². The number of carbonyl (C=O) groups excluding carboxylic acids is 1. The molecule has 0 bridgehead atoms. The molecule has 0 spiro atoms. The van der Waals surface area contributed by atoms with E-state index in [4.69, 9.17) is 14.6 Å². The Morgan fingerprint density at radius 1 is 1.03 bits per heavy atom. The molecule has 12 heteroatoms. The first kappa shape index (κ1) is 26.3. The van der Waals surface area contributed by atoms with Crippen LogP contribution in [0.2, 0.25) is 0 Å². The summed E-state index contributed by atoms with van der Waals surface area (Å²) in [5.74, 6) is -6.60. The average molecular weight is 537 g/mol. The number of carbonyl (C=O) groups is 1. The number of hydrogen-bond acceptors (Lipinski definition) is 7. The zero-order chi connectivity index (χ0) is 26.7. The highest BCUT2D eigenvalue weighted by molar-refractivity contribution is 8.14. The van der Waals surface area contributed by atoms with Gasteiger partial charge in [0.1, 0.15) is 22.8 Å². The van der Waals surface area contributed by atoms with Crippen LogP contribution in [0, 0.1) is 23.3 Å². The number of halogens is 4. The molecule has 1 unspecified atom stereocenters. The summed E-state index contributed by atoms with van der Waals surface area (Å²) in [5.41, 5.74) is 0.0332. The predicted octanol–water partition coefficient (Wildman–Crippen LogP) is 4.88. The Kier molecular flexibility index (Phi) is 7.89. The molecule has 1 atom stereocenters. The molecule has 0 saturated carbocycles. The number of aliphatic hydroxyl groups is 1. The van der Waals surface area contributed by atoms with E-state index in [0.29, 0.717) is 17.2 Å². The van der Waals surface area contributed by atoms with Crippen molar-refractivity contribution in [2.75, 3.05) is 27.4 Å². The van der Waals surface area contributed by atoms with Crippen molar-refractivity contribution in [1.82, 2.24) is 5.01 Å². The third-order valence-corrected chi connectivity index (χ3v) is 6.54. The summed E-state index contributed by atoms with van der Waals surface area (Å²) in [6.45, 7) is -0.289. The maximum Gasteiger partial charge on any atom is 0.278 e. The van der Waals surface area contributed by atoms with Crippen LogP contribution >= 0.6 is 11.8 Å². The molecule has 194 valence electrons. The van der Waals surface area contributed by atoms with Gasteiger partial charge in [-0.25, -0.2) is 18.2 Å². The summed E-state index contributed by atoms with van der Waals surface area (Å²) in [6.07, 6.45) is 0. The lowest BCUT2D eigenvalue weighted by Crippen LogP contribution is -2.27. The molecule has 3 aromatic rings. The number of amides is 1. The number of thioether (sulfide) groups is 1. The summed E-state index contributed by atoms with van der Waals surface area (Å²) in [7, 11) is 2.31. The summed E-state index contributed by atoms with van der Waals surface area (Å²) < 4.78 is 72.4. The Bertz CT molecular complexity index is 1350. The second kappa shape index (κ2) is 11.1. The van der Waals surface area contributed by atoms with Crippen LogP contribution in [-0.4, -0.2) is 48.5 Å². The van der Waals surface area contributed by atoms with Crippen LogP contribution in [0.3, 0.4) is 0 Å². The number of rotatable bonds is 8. The van der Waals surface area contributed by atoms with Crippen LogP contribution in [0.15, 0.2) is 53.6 Å². The smallest absolute Gasteiger partial charge is 0.278 e. The maximum atomic E-state index is 15.0.